The van der Waals surface area contributed by atoms with Crippen LogP contribution in [-0.4, -0.2) is 21.7 Å². The van der Waals surface area contributed by atoms with Gasteiger partial charge in [0.2, 0.25) is 0 Å². The van der Waals surface area contributed by atoms with Gasteiger partial charge in [0.25, 0.3) is 0 Å². The number of hydrogen-bond acceptors (Lipinski definition) is 4. The molecule has 0 aliphatic carbocycles. The Hall–Kier alpha value is -0.840. The Balaban J connectivity index is 3.02. The Morgan fingerprint density at radius 1 is 1.00 bits per heavy atom. The lowest BCUT2D eigenvalue weighted by Gasteiger charge is -2.33. The zero-order valence-electron chi connectivity index (χ0n) is 9.05. The van der Waals surface area contributed by atoms with Gasteiger partial charge in [0.05, 0.1) is 0 Å². The van der Waals surface area contributed by atoms with Crippen molar-refractivity contribution in [3.63, 3.8) is 0 Å². The third-order valence-corrected chi connectivity index (χ3v) is 1.90. The Bertz CT molecular complexity index is 262. The average Bonchev–Trinajstić information content (AvgIpc) is 1.74. The summed E-state index contributed by atoms with van der Waals surface area (Å²) >= 11 is 0. The third kappa shape index (κ3) is 3.14. The fourth-order valence-corrected chi connectivity index (χ4v) is 1.81. The standard InChI is InChI=1S/C10H18N2O2/c1-7-5-9(3,13)12-10(4,14)6-8(2)11-7/h5-6,11-14H,1-4H3. The van der Waals surface area contributed by atoms with Gasteiger partial charge in [-0.1, -0.05) is 0 Å². The summed E-state index contributed by atoms with van der Waals surface area (Å²) in [6, 6.07) is 0. The highest BCUT2D eigenvalue weighted by atomic mass is 16.3. The van der Waals surface area contributed by atoms with Crippen LogP contribution in [0.3, 0.4) is 0 Å². The van der Waals surface area contributed by atoms with Gasteiger partial charge < -0.3 is 15.5 Å². The summed E-state index contributed by atoms with van der Waals surface area (Å²) < 4.78 is 0. The molecule has 0 amide bonds. The summed E-state index contributed by atoms with van der Waals surface area (Å²) in [4.78, 5) is 0. The van der Waals surface area contributed by atoms with Crippen LogP contribution in [-0.2, 0) is 0 Å². The van der Waals surface area contributed by atoms with Gasteiger partial charge in [-0.3, -0.25) is 5.32 Å². The predicted octanol–water partition coefficient (Wildman–Crippen LogP) is 0.404. The average molecular weight is 198 g/mol. The topological polar surface area (TPSA) is 64.5 Å². The van der Waals surface area contributed by atoms with Gasteiger partial charge in [-0.15, -0.1) is 0 Å². The van der Waals surface area contributed by atoms with Crippen molar-refractivity contribution < 1.29 is 10.2 Å². The SMILES string of the molecule is CC1=CC(C)(O)NC(C)(O)C=C(C)N1. The van der Waals surface area contributed by atoms with Crippen molar-refractivity contribution in [1.82, 2.24) is 10.6 Å². The lowest BCUT2D eigenvalue weighted by molar-refractivity contribution is -0.0327. The first kappa shape index (κ1) is 11.2. The van der Waals surface area contributed by atoms with Crippen molar-refractivity contribution >= 4 is 0 Å². The van der Waals surface area contributed by atoms with Gasteiger partial charge in [0.15, 0.2) is 0 Å². The summed E-state index contributed by atoms with van der Waals surface area (Å²) in [5.74, 6) is 0. The molecular weight excluding hydrogens is 180 g/mol. The lowest BCUT2D eigenvalue weighted by Crippen LogP contribution is -2.54. The first-order valence-electron chi connectivity index (χ1n) is 4.60. The van der Waals surface area contributed by atoms with Gasteiger partial charge in [0.1, 0.15) is 11.4 Å². The minimum Gasteiger partial charge on any atom is -0.372 e. The molecule has 14 heavy (non-hydrogen) atoms. The number of hydrogen-bond donors (Lipinski definition) is 4. The van der Waals surface area contributed by atoms with Crippen LogP contribution in [0.15, 0.2) is 23.5 Å². The number of rotatable bonds is 0. The molecule has 0 aromatic heterocycles. The van der Waals surface area contributed by atoms with E-state index in [2.05, 4.69) is 10.6 Å². The summed E-state index contributed by atoms with van der Waals surface area (Å²) in [6.07, 6.45) is 3.25. The smallest absolute Gasteiger partial charge is 0.136 e. The second kappa shape index (κ2) is 3.38. The van der Waals surface area contributed by atoms with E-state index in [1.165, 1.54) is 0 Å². The summed E-state index contributed by atoms with van der Waals surface area (Å²) in [5.41, 5.74) is -0.770. The number of aliphatic hydroxyl groups is 2. The van der Waals surface area contributed by atoms with Crippen LogP contribution in [0.5, 0.6) is 0 Å². The van der Waals surface area contributed by atoms with Gasteiger partial charge in [-0.05, 0) is 39.8 Å². The minimum absolute atomic E-state index is 0.840. The van der Waals surface area contributed by atoms with Crippen molar-refractivity contribution in [1.29, 1.82) is 0 Å². The quantitative estimate of drug-likeness (QED) is 0.455. The van der Waals surface area contributed by atoms with E-state index in [0.717, 1.165) is 11.4 Å². The maximum Gasteiger partial charge on any atom is 0.136 e. The van der Waals surface area contributed by atoms with Gasteiger partial charge in [-0.25, -0.2) is 0 Å². The second-order valence-corrected chi connectivity index (χ2v) is 4.20. The van der Waals surface area contributed by atoms with Crippen LogP contribution in [0.2, 0.25) is 0 Å². The monoisotopic (exact) mass is 198 g/mol. The molecule has 0 fully saturated rings. The summed E-state index contributed by atoms with van der Waals surface area (Å²) in [5, 5.41) is 25.5. The first-order valence-corrected chi connectivity index (χ1v) is 4.60. The fraction of sp³-hybridized carbons (Fsp3) is 0.600. The minimum atomic E-state index is -1.22. The molecule has 1 rings (SSSR count). The molecule has 0 spiro atoms. The normalized spacial score (nSPS) is 39.0. The van der Waals surface area contributed by atoms with Gasteiger partial charge in [0, 0.05) is 11.4 Å². The fourth-order valence-electron chi connectivity index (χ4n) is 1.81. The number of allylic oxidation sites excluding steroid dienone is 2. The number of nitrogens with one attached hydrogen (secondary N) is 2. The Labute approximate surface area is 84.3 Å². The molecule has 1 aliphatic rings. The van der Waals surface area contributed by atoms with Gasteiger partial charge >= 0.3 is 0 Å². The van der Waals surface area contributed by atoms with Crippen LogP contribution in [0.4, 0.5) is 0 Å². The third-order valence-electron chi connectivity index (χ3n) is 1.90. The highest BCUT2D eigenvalue weighted by Crippen LogP contribution is 2.15. The summed E-state index contributed by atoms with van der Waals surface area (Å²) in [7, 11) is 0. The molecule has 0 bridgehead atoms. The molecule has 0 saturated carbocycles. The van der Waals surface area contributed by atoms with E-state index in [-0.39, 0.29) is 0 Å². The first-order chi connectivity index (χ1) is 6.20. The Morgan fingerprint density at radius 2 is 1.36 bits per heavy atom. The van der Waals surface area contributed by atoms with E-state index < -0.39 is 11.4 Å². The van der Waals surface area contributed by atoms with E-state index in [0.29, 0.717) is 0 Å². The van der Waals surface area contributed by atoms with Crippen LogP contribution >= 0.6 is 0 Å². The second-order valence-electron chi connectivity index (χ2n) is 4.20. The van der Waals surface area contributed by atoms with Crippen molar-refractivity contribution in [2.24, 2.45) is 0 Å². The highest BCUT2D eigenvalue weighted by Gasteiger charge is 2.29. The van der Waals surface area contributed by atoms with Crippen molar-refractivity contribution in [2.75, 3.05) is 0 Å². The molecular formula is C10H18N2O2. The van der Waals surface area contributed by atoms with Gasteiger partial charge in [-0.2, -0.15) is 0 Å². The molecule has 4 N–H and O–H groups in total. The molecule has 80 valence electrons. The van der Waals surface area contributed by atoms with Crippen molar-refractivity contribution in [3.8, 4) is 0 Å². The van der Waals surface area contributed by atoms with E-state index >= 15 is 0 Å². The predicted molar refractivity (Wildman–Crippen MR) is 55.0 cm³/mol. The zero-order valence-corrected chi connectivity index (χ0v) is 9.05. The molecule has 0 aromatic carbocycles. The van der Waals surface area contributed by atoms with E-state index in [9.17, 15) is 10.2 Å². The van der Waals surface area contributed by atoms with Crippen LogP contribution < -0.4 is 10.6 Å². The van der Waals surface area contributed by atoms with E-state index in [1.807, 2.05) is 13.8 Å². The molecule has 0 radical (unpaired) electrons. The maximum absolute atomic E-state index is 9.85. The molecule has 1 heterocycles. The zero-order chi connectivity index (χ0) is 11.0. The molecule has 0 aromatic rings. The summed E-state index contributed by atoms with van der Waals surface area (Å²) in [6.45, 7) is 6.88. The highest BCUT2D eigenvalue weighted by molar-refractivity contribution is 5.18. The van der Waals surface area contributed by atoms with Crippen molar-refractivity contribution in [3.05, 3.63) is 23.5 Å². The van der Waals surface area contributed by atoms with E-state index in [4.69, 9.17) is 0 Å². The molecule has 1 aliphatic heterocycles. The van der Waals surface area contributed by atoms with Crippen LogP contribution in [0.1, 0.15) is 27.7 Å². The Morgan fingerprint density at radius 3 is 1.71 bits per heavy atom. The van der Waals surface area contributed by atoms with Crippen LogP contribution in [0, 0.1) is 0 Å². The molecule has 2 atom stereocenters. The molecule has 2 unspecified atom stereocenters. The molecule has 0 saturated heterocycles. The molecule has 4 nitrogen and oxygen atoms in total. The van der Waals surface area contributed by atoms with Crippen LogP contribution in [0.25, 0.3) is 0 Å². The molecule has 4 heteroatoms. The van der Waals surface area contributed by atoms with E-state index in [1.54, 1.807) is 26.0 Å². The van der Waals surface area contributed by atoms with Crippen molar-refractivity contribution in [2.45, 2.75) is 39.1 Å². The largest absolute Gasteiger partial charge is 0.372 e. The maximum atomic E-state index is 9.85. The Kier molecular flexibility index (Phi) is 2.71. The lowest BCUT2D eigenvalue weighted by atomic mass is 10.1.